The lowest BCUT2D eigenvalue weighted by Gasteiger charge is -2.25. The van der Waals surface area contributed by atoms with Crippen LogP contribution in [0.5, 0.6) is 0 Å². The minimum atomic E-state index is -0.722. The Kier molecular flexibility index (Phi) is 6.02. The van der Waals surface area contributed by atoms with Gasteiger partial charge in [0.15, 0.2) is 5.76 Å². The van der Waals surface area contributed by atoms with Gasteiger partial charge >= 0.3 is 0 Å². The minimum Gasteiger partial charge on any atom is -0.505 e. The first kappa shape index (κ1) is 23.0. The number of benzene rings is 1. The molecule has 1 fully saturated rings. The molecule has 4 aromatic rings. The zero-order chi connectivity index (χ0) is 24.7. The Balaban J connectivity index is 1.61. The fourth-order valence-electron chi connectivity index (χ4n) is 4.65. The molecule has 3 aromatic heterocycles. The summed E-state index contributed by atoms with van der Waals surface area (Å²) in [6.07, 6.45) is 7.76. The van der Waals surface area contributed by atoms with E-state index in [4.69, 9.17) is 0 Å². The van der Waals surface area contributed by atoms with Crippen LogP contribution in [0.1, 0.15) is 35.0 Å². The second kappa shape index (κ2) is 9.14. The lowest BCUT2D eigenvalue weighted by atomic mass is 9.96. The third-order valence-corrected chi connectivity index (χ3v) is 6.88. The quantitative estimate of drug-likeness (QED) is 0.225. The topological polar surface area (TPSA) is 92.7 Å². The number of aliphatic hydroxyl groups is 1. The fourth-order valence-corrected chi connectivity index (χ4v) is 5.07. The first-order valence-electron chi connectivity index (χ1n) is 11.3. The summed E-state index contributed by atoms with van der Waals surface area (Å²) in [5.74, 6) is -1.59. The Bertz CT molecular complexity index is 1470. The monoisotopic (exact) mass is 533 g/mol. The minimum absolute atomic E-state index is 0.0555. The van der Waals surface area contributed by atoms with Crippen molar-refractivity contribution in [2.45, 2.75) is 32.9 Å². The molecule has 0 spiro atoms. The van der Waals surface area contributed by atoms with Crippen LogP contribution in [0, 0.1) is 13.8 Å². The second-order valence-electron chi connectivity index (χ2n) is 8.63. The standard InChI is InChI=1S/C26H24BrN5O3/c1-16-6-4-11-31-17(2)21(29-25(16)31)23(33)20-22(18-7-3-8-19(27)14-18)32(26(35)24(20)34)12-5-10-30-13-9-28-15-30/h3-4,6-9,11,13-15,22,33H,5,10,12H2,1-2H3/b23-20+. The summed E-state index contributed by atoms with van der Waals surface area (Å²) in [6, 6.07) is 10.6. The van der Waals surface area contributed by atoms with Gasteiger partial charge in [-0.15, -0.1) is 0 Å². The molecule has 9 heteroatoms. The first-order chi connectivity index (χ1) is 16.9. The number of rotatable bonds is 6. The average molecular weight is 534 g/mol. The second-order valence-corrected chi connectivity index (χ2v) is 9.55. The Hall–Kier alpha value is -3.72. The lowest BCUT2D eigenvalue weighted by Crippen LogP contribution is -2.31. The van der Waals surface area contributed by atoms with Crippen LogP contribution in [-0.2, 0) is 16.1 Å². The molecular formula is C26H24BrN5O3. The number of nitrogens with zero attached hydrogens (tertiary/aromatic N) is 5. The number of likely N-dealkylation sites (tertiary alicyclic amines) is 1. The van der Waals surface area contributed by atoms with Crippen molar-refractivity contribution in [3.63, 3.8) is 0 Å². The first-order valence-corrected chi connectivity index (χ1v) is 12.1. The third-order valence-electron chi connectivity index (χ3n) is 6.39. The predicted octanol–water partition coefficient (Wildman–Crippen LogP) is 4.42. The number of fused-ring (bicyclic) bond motifs is 1. The zero-order valence-electron chi connectivity index (χ0n) is 19.3. The highest BCUT2D eigenvalue weighted by atomic mass is 79.9. The molecule has 1 N–H and O–H groups in total. The summed E-state index contributed by atoms with van der Waals surface area (Å²) in [5, 5.41) is 11.5. The van der Waals surface area contributed by atoms with Crippen molar-refractivity contribution in [3.05, 3.63) is 93.9 Å². The van der Waals surface area contributed by atoms with Crippen LogP contribution < -0.4 is 0 Å². The lowest BCUT2D eigenvalue weighted by molar-refractivity contribution is -0.139. The number of carbonyl (C=O) groups is 2. The molecule has 178 valence electrons. The number of aryl methyl sites for hydroxylation is 3. The molecule has 0 bridgehead atoms. The summed E-state index contributed by atoms with van der Waals surface area (Å²) in [6.45, 7) is 4.77. The van der Waals surface area contributed by atoms with Crippen molar-refractivity contribution in [1.29, 1.82) is 0 Å². The molecule has 1 aromatic carbocycles. The molecule has 1 saturated heterocycles. The van der Waals surface area contributed by atoms with E-state index < -0.39 is 17.7 Å². The maximum absolute atomic E-state index is 13.3. The molecule has 5 rings (SSSR count). The SMILES string of the molecule is Cc1cccn2c(C)c(/C(O)=C3\C(=O)C(=O)N(CCCn4ccnc4)C3c3cccc(Br)c3)nc12. The highest BCUT2D eigenvalue weighted by Gasteiger charge is 2.46. The molecule has 1 aliphatic heterocycles. The van der Waals surface area contributed by atoms with Crippen molar-refractivity contribution in [3.8, 4) is 0 Å². The summed E-state index contributed by atoms with van der Waals surface area (Å²) in [7, 11) is 0. The number of ketones is 1. The molecular weight excluding hydrogens is 510 g/mol. The number of hydrogen-bond donors (Lipinski definition) is 1. The van der Waals surface area contributed by atoms with Gasteiger partial charge in [0.2, 0.25) is 0 Å². The van der Waals surface area contributed by atoms with Gasteiger partial charge in [-0.25, -0.2) is 9.97 Å². The van der Waals surface area contributed by atoms with Gasteiger partial charge in [0.25, 0.3) is 11.7 Å². The van der Waals surface area contributed by atoms with Crippen LogP contribution in [0.15, 0.2) is 71.4 Å². The van der Waals surface area contributed by atoms with E-state index in [1.165, 1.54) is 0 Å². The molecule has 8 nitrogen and oxygen atoms in total. The number of amides is 1. The van der Waals surface area contributed by atoms with Gasteiger partial charge in [-0.05, 0) is 49.6 Å². The summed E-state index contributed by atoms with van der Waals surface area (Å²) < 4.78 is 4.62. The molecule has 0 radical (unpaired) electrons. The van der Waals surface area contributed by atoms with Crippen molar-refractivity contribution in [2.24, 2.45) is 0 Å². The number of aromatic nitrogens is 4. The normalized spacial score (nSPS) is 17.6. The van der Waals surface area contributed by atoms with Gasteiger partial charge in [0, 0.05) is 36.2 Å². The Morgan fingerprint density at radius 1 is 1.11 bits per heavy atom. The molecule has 0 saturated carbocycles. The van der Waals surface area contributed by atoms with Crippen molar-refractivity contribution >= 4 is 39.0 Å². The Morgan fingerprint density at radius 3 is 2.66 bits per heavy atom. The molecule has 1 aliphatic rings. The molecule has 1 amide bonds. The van der Waals surface area contributed by atoms with E-state index >= 15 is 0 Å². The maximum Gasteiger partial charge on any atom is 0.295 e. The van der Waals surface area contributed by atoms with Gasteiger partial charge in [-0.3, -0.25) is 9.59 Å². The molecule has 0 aliphatic carbocycles. The van der Waals surface area contributed by atoms with Crippen LogP contribution in [-0.4, -0.2) is 47.2 Å². The highest BCUT2D eigenvalue weighted by molar-refractivity contribution is 9.10. The Labute approximate surface area is 210 Å². The number of pyridine rings is 1. The van der Waals surface area contributed by atoms with Crippen LogP contribution in [0.3, 0.4) is 0 Å². The molecule has 1 unspecified atom stereocenters. The third kappa shape index (κ3) is 4.05. The van der Waals surface area contributed by atoms with E-state index in [2.05, 4.69) is 25.9 Å². The van der Waals surface area contributed by atoms with Crippen molar-refractivity contribution < 1.29 is 14.7 Å². The number of halogens is 1. The smallest absolute Gasteiger partial charge is 0.295 e. The van der Waals surface area contributed by atoms with E-state index in [0.717, 1.165) is 15.6 Å². The largest absolute Gasteiger partial charge is 0.505 e. The summed E-state index contributed by atoms with van der Waals surface area (Å²) >= 11 is 3.49. The number of carbonyl (C=O) groups excluding carboxylic acids is 2. The van der Waals surface area contributed by atoms with E-state index in [1.807, 2.05) is 71.6 Å². The van der Waals surface area contributed by atoms with Gasteiger partial charge in [0.05, 0.1) is 23.6 Å². The Morgan fingerprint density at radius 2 is 1.94 bits per heavy atom. The highest BCUT2D eigenvalue weighted by Crippen LogP contribution is 2.40. The molecule has 35 heavy (non-hydrogen) atoms. The number of aliphatic hydroxyl groups excluding tert-OH is 1. The summed E-state index contributed by atoms with van der Waals surface area (Å²) in [5.41, 5.74) is 3.43. The van der Waals surface area contributed by atoms with E-state index in [9.17, 15) is 14.7 Å². The summed E-state index contributed by atoms with van der Waals surface area (Å²) in [4.78, 5) is 36.7. The van der Waals surface area contributed by atoms with Crippen molar-refractivity contribution in [1.82, 2.24) is 23.8 Å². The van der Waals surface area contributed by atoms with Crippen LogP contribution >= 0.6 is 15.9 Å². The van der Waals surface area contributed by atoms with E-state index in [1.54, 1.807) is 17.4 Å². The van der Waals surface area contributed by atoms with Gasteiger partial charge in [-0.2, -0.15) is 0 Å². The molecule has 1 atom stereocenters. The van der Waals surface area contributed by atoms with Gasteiger partial charge in [-0.1, -0.05) is 34.1 Å². The predicted molar refractivity (Wildman–Crippen MR) is 135 cm³/mol. The van der Waals surface area contributed by atoms with Crippen molar-refractivity contribution in [2.75, 3.05) is 6.54 Å². The zero-order valence-corrected chi connectivity index (χ0v) is 20.9. The van der Waals surface area contributed by atoms with Crippen LogP contribution in [0.4, 0.5) is 0 Å². The van der Waals surface area contributed by atoms with Gasteiger partial charge in [0.1, 0.15) is 11.3 Å². The number of Topliss-reactive ketones (excluding diaryl/α,β-unsaturated/α-hetero) is 1. The number of imidazole rings is 2. The molecule has 4 heterocycles. The van der Waals surface area contributed by atoms with Crippen LogP contribution in [0.25, 0.3) is 11.4 Å². The van der Waals surface area contributed by atoms with Crippen LogP contribution in [0.2, 0.25) is 0 Å². The van der Waals surface area contributed by atoms with E-state index in [-0.39, 0.29) is 11.3 Å². The average Bonchev–Trinajstić information content (AvgIpc) is 3.54. The van der Waals surface area contributed by atoms with Gasteiger partial charge < -0.3 is 19.0 Å². The van der Waals surface area contributed by atoms with E-state index in [0.29, 0.717) is 36.5 Å². The maximum atomic E-state index is 13.3. The number of hydrogen-bond acceptors (Lipinski definition) is 5. The fraction of sp³-hybridized carbons (Fsp3) is 0.231.